The van der Waals surface area contributed by atoms with Gasteiger partial charge in [-0.05, 0) is 0 Å². The summed E-state index contributed by atoms with van der Waals surface area (Å²) in [6.45, 7) is -0.729. The van der Waals surface area contributed by atoms with E-state index in [0.29, 0.717) is 0 Å². The predicted molar refractivity (Wildman–Crippen MR) is 110 cm³/mol. The molecule has 10 N–H and O–H groups in total. The molecule has 0 unspecified atom stereocenters. The van der Waals surface area contributed by atoms with E-state index in [2.05, 4.69) is 0 Å². The van der Waals surface area contributed by atoms with Gasteiger partial charge in [-0.1, -0.05) is 0 Å². The second-order valence-corrected chi connectivity index (χ2v) is 7.62. The van der Waals surface area contributed by atoms with E-state index in [9.17, 15) is 51.1 Å². The van der Waals surface area contributed by atoms with Gasteiger partial charge in [-0.3, -0.25) is 0 Å². The standard InChI is InChI=1S/C21H20O13/c22-5-13-17(29)18(30)19(31)21(34-13)33-12-3-7-11(4-10(25)16(28)14(7)26)32-20(12)6-1-8(23)15(27)9(24)2-6/h1-4,13,17-19,21-22,29-31H,5H2,(H5-,23,24,25,26,27,28)/p+1/t13-,17-,18+,19-,21-/m1/s1. The van der Waals surface area contributed by atoms with Crippen LogP contribution in [0.2, 0.25) is 0 Å². The van der Waals surface area contributed by atoms with Gasteiger partial charge in [0.15, 0.2) is 28.7 Å². The number of ether oxygens (including phenoxy) is 2. The summed E-state index contributed by atoms with van der Waals surface area (Å²) in [5.41, 5.74) is -0.266. The third kappa shape index (κ3) is 3.81. The Morgan fingerprint density at radius 2 is 1.38 bits per heavy atom. The van der Waals surface area contributed by atoms with Crippen molar-refractivity contribution in [1.82, 2.24) is 0 Å². The molecule has 0 radical (unpaired) electrons. The second kappa shape index (κ2) is 8.55. The van der Waals surface area contributed by atoms with Crippen LogP contribution in [-0.4, -0.2) is 88.4 Å². The maximum Gasteiger partial charge on any atom is 0.402 e. The highest BCUT2D eigenvalue weighted by molar-refractivity contribution is 5.91. The number of benzene rings is 2. The third-order valence-electron chi connectivity index (χ3n) is 5.39. The molecule has 182 valence electrons. The van der Waals surface area contributed by atoms with E-state index in [1.165, 1.54) is 0 Å². The van der Waals surface area contributed by atoms with E-state index in [1.54, 1.807) is 0 Å². The maximum atomic E-state index is 10.3. The van der Waals surface area contributed by atoms with Crippen LogP contribution in [0.4, 0.5) is 0 Å². The van der Waals surface area contributed by atoms with E-state index in [1.807, 2.05) is 0 Å². The summed E-state index contributed by atoms with van der Waals surface area (Å²) in [7, 11) is 0. The monoisotopic (exact) mass is 481 g/mol. The fourth-order valence-corrected chi connectivity index (χ4v) is 3.53. The molecule has 1 aromatic heterocycles. The molecule has 0 bridgehead atoms. The maximum absolute atomic E-state index is 10.3. The van der Waals surface area contributed by atoms with Gasteiger partial charge in [-0.2, -0.15) is 0 Å². The number of aliphatic hydroxyl groups is 4. The molecule has 0 aliphatic carbocycles. The van der Waals surface area contributed by atoms with Gasteiger partial charge in [0.1, 0.15) is 29.8 Å². The average Bonchev–Trinajstić information content (AvgIpc) is 2.81. The summed E-state index contributed by atoms with van der Waals surface area (Å²) in [6, 6.07) is 4.04. The number of phenolic OH excluding ortho intramolecular Hbond substituents is 6. The van der Waals surface area contributed by atoms with Crippen molar-refractivity contribution in [3.63, 3.8) is 0 Å². The molecule has 13 nitrogen and oxygen atoms in total. The van der Waals surface area contributed by atoms with Gasteiger partial charge < -0.3 is 60.5 Å². The Hall–Kier alpha value is -3.75. The molecule has 2 aromatic carbocycles. The first-order valence-electron chi connectivity index (χ1n) is 9.80. The molecule has 0 saturated carbocycles. The fourth-order valence-electron chi connectivity index (χ4n) is 3.53. The molecular weight excluding hydrogens is 460 g/mol. The number of hydrogen-bond acceptors (Lipinski definition) is 12. The minimum atomic E-state index is -1.82. The summed E-state index contributed by atoms with van der Waals surface area (Å²) in [6.07, 6.45) is -8.23. The van der Waals surface area contributed by atoms with Crippen LogP contribution in [0.25, 0.3) is 22.3 Å². The van der Waals surface area contributed by atoms with Crippen molar-refractivity contribution in [1.29, 1.82) is 0 Å². The van der Waals surface area contributed by atoms with Crippen molar-refractivity contribution in [2.75, 3.05) is 6.61 Å². The predicted octanol–water partition coefficient (Wildman–Crippen LogP) is -0.207. The van der Waals surface area contributed by atoms with Crippen LogP contribution < -0.4 is 4.74 Å². The largest absolute Gasteiger partial charge is 0.504 e. The Morgan fingerprint density at radius 3 is 2.00 bits per heavy atom. The summed E-state index contributed by atoms with van der Waals surface area (Å²) in [5.74, 6) is -5.28. The second-order valence-electron chi connectivity index (χ2n) is 7.62. The number of hydrogen-bond donors (Lipinski definition) is 10. The summed E-state index contributed by atoms with van der Waals surface area (Å²) < 4.78 is 16.6. The zero-order valence-electron chi connectivity index (χ0n) is 17.1. The van der Waals surface area contributed by atoms with Crippen LogP contribution in [0.15, 0.2) is 28.7 Å². The molecule has 13 heteroatoms. The normalized spacial score (nSPS) is 24.9. The molecule has 1 aliphatic rings. The molecule has 1 fully saturated rings. The minimum Gasteiger partial charge on any atom is -0.504 e. The number of phenols is 6. The highest BCUT2D eigenvalue weighted by Gasteiger charge is 2.45. The molecular formula is C21H21O13+. The molecule has 1 saturated heterocycles. The van der Waals surface area contributed by atoms with Crippen LogP contribution in [0.5, 0.6) is 40.2 Å². The molecule has 3 aromatic rings. The van der Waals surface area contributed by atoms with E-state index >= 15 is 0 Å². The van der Waals surface area contributed by atoms with Crippen LogP contribution in [-0.2, 0) is 4.74 Å². The SMILES string of the molecule is OC[C@H]1O[C@@H](Oc2cc3c(O)c(O)c(O)cc3[o+]c2-c2cc(O)c(O)c(O)c2)[C@H](O)[C@@H](O)[C@@H]1O. The van der Waals surface area contributed by atoms with Gasteiger partial charge >= 0.3 is 11.3 Å². The Bertz CT molecular complexity index is 1220. The van der Waals surface area contributed by atoms with Crippen LogP contribution in [0, 0.1) is 0 Å². The lowest BCUT2D eigenvalue weighted by Crippen LogP contribution is -2.60. The fraction of sp³-hybridized carbons (Fsp3) is 0.286. The number of fused-ring (bicyclic) bond motifs is 1. The van der Waals surface area contributed by atoms with Crippen molar-refractivity contribution in [2.45, 2.75) is 30.7 Å². The molecule has 4 rings (SSSR count). The molecule has 2 heterocycles. The smallest absolute Gasteiger partial charge is 0.402 e. The van der Waals surface area contributed by atoms with Gasteiger partial charge in [0.05, 0.1) is 18.2 Å². The minimum absolute atomic E-state index is 0.0821. The summed E-state index contributed by atoms with van der Waals surface area (Å²) in [4.78, 5) is 0. The van der Waals surface area contributed by atoms with E-state index in [0.717, 1.165) is 24.3 Å². The van der Waals surface area contributed by atoms with Crippen LogP contribution in [0.3, 0.4) is 0 Å². The lowest BCUT2D eigenvalue weighted by atomic mass is 9.99. The van der Waals surface area contributed by atoms with Crippen molar-refractivity contribution < 1.29 is 65.0 Å². The first-order valence-corrected chi connectivity index (χ1v) is 9.80. The number of rotatable bonds is 4. The molecule has 0 amide bonds. The molecule has 0 spiro atoms. The summed E-state index contributed by atoms with van der Waals surface area (Å²) >= 11 is 0. The summed E-state index contributed by atoms with van der Waals surface area (Å²) in [5, 5.41) is 98.9. The topological polar surface area (TPSA) is 232 Å². The van der Waals surface area contributed by atoms with E-state index in [-0.39, 0.29) is 28.0 Å². The van der Waals surface area contributed by atoms with E-state index in [4.69, 9.17) is 13.9 Å². The number of aliphatic hydroxyl groups excluding tert-OH is 4. The van der Waals surface area contributed by atoms with E-state index < -0.39 is 71.8 Å². The number of aromatic hydroxyl groups is 6. The quantitative estimate of drug-likeness (QED) is 0.172. The highest BCUT2D eigenvalue weighted by Crippen LogP contribution is 2.47. The average molecular weight is 481 g/mol. The Kier molecular flexibility index (Phi) is 5.89. The molecule has 5 atom stereocenters. The van der Waals surface area contributed by atoms with Crippen molar-refractivity contribution in [2.24, 2.45) is 0 Å². The Balaban J connectivity index is 1.89. The molecule has 34 heavy (non-hydrogen) atoms. The third-order valence-corrected chi connectivity index (χ3v) is 5.39. The zero-order chi connectivity index (χ0) is 24.9. The van der Waals surface area contributed by atoms with Crippen LogP contribution >= 0.6 is 0 Å². The Labute approximate surface area is 189 Å². The van der Waals surface area contributed by atoms with Gasteiger partial charge in [0.25, 0.3) is 0 Å². The first-order chi connectivity index (χ1) is 16.0. The van der Waals surface area contributed by atoms with Crippen LogP contribution in [0.1, 0.15) is 0 Å². The highest BCUT2D eigenvalue weighted by atomic mass is 16.7. The lowest BCUT2D eigenvalue weighted by Gasteiger charge is -2.39. The van der Waals surface area contributed by atoms with Gasteiger partial charge in [-0.15, -0.1) is 0 Å². The van der Waals surface area contributed by atoms with Gasteiger partial charge in [-0.25, -0.2) is 4.42 Å². The lowest BCUT2D eigenvalue weighted by molar-refractivity contribution is -0.277. The Morgan fingerprint density at radius 1 is 0.765 bits per heavy atom. The zero-order valence-corrected chi connectivity index (χ0v) is 17.1. The van der Waals surface area contributed by atoms with Crippen molar-refractivity contribution >= 4 is 11.0 Å². The van der Waals surface area contributed by atoms with Gasteiger partial charge in [0, 0.05) is 18.2 Å². The first kappa shape index (κ1) is 23.4. The van der Waals surface area contributed by atoms with Crippen molar-refractivity contribution in [3.05, 3.63) is 24.3 Å². The van der Waals surface area contributed by atoms with Crippen molar-refractivity contribution in [3.8, 4) is 51.6 Å². The molecule has 1 aliphatic heterocycles. The van der Waals surface area contributed by atoms with Gasteiger partial charge in [0.2, 0.25) is 17.8 Å².